The molecule has 0 unspecified atom stereocenters. The number of aliphatic hydroxyl groups excluding tert-OH is 1. The standard InChI is InChI=1S/C11H21NO3/c1-2-3-7-12(11(14)15)9-5-4-6-10(13)8-9/h9-10,13H,2-8H2,1H3,(H,14,15)/t9-,10+/m1/s1. The number of rotatable bonds is 4. The van der Waals surface area contributed by atoms with Gasteiger partial charge >= 0.3 is 6.09 Å². The third kappa shape index (κ3) is 3.70. The van der Waals surface area contributed by atoms with Crippen LogP contribution < -0.4 is 0 Å². The lowest BCUT2D eigenvalue weighted by atomic mass is 9.92. The van der Waals surface area contributed by atoms with Crippen molar-refractivity contribution in [3.63, 3.8) is 0 Å². The first-order chi connectivity index (χ1) is 7.15. The van der Waals surface area contributed by atoms with Gasteiger partial charge in [0.1, 0.15) is 0 Å². The van der Waals surface area contributed by atoms with Gasteiger partial charge < -0.3 is 15.1 Å². The van der Waals surface area contributed by atoms with Crippen LogP contribution in [0.3, 0.4) is 0 Å². The molecule has 0 aromatic carbocycles. The summed E-state index contributed by atoms with van der Waals surface area (Å²) in [6.07, 6.45) is 4.00. The molecule has 2 atom stereocenters. The highest BCUT2D eigenvalue weighted by Crippen LogP contribution is 2.23. The molecule has 4 heteroatoms. The van der Waals surface area contributed by atoms with E-state index in [1.165, 1.54) is 4.90 Å². The number of aliphatic hydroxyl groups is 1. The first-order valence-corrected chi connectivity index (χ1v) is 5.82. The second-order valence-electron chi connectivity index (χ2n) is 4.30. The molecule has 0 spiro atoms. The molecule has 1 fully saturated rings. The van der Waals surface area contributed by atoms with Gasteiger partial charge in [0.05, 0.1) is 6.10 Å². The molecule has 0 heterocycles. The minimum Gasteiger partial charge on any atom is -0.465 e. The van der Waals surface area contributed by atoms with Crippen LogP contribution in [0.1, 0.15) is 45.4 Å². The minimum atomic E-state index is -0.845. The summed E-state index contributed by atoms with van der Waals surface area (Å²) >= 11 is 0. The van der Waals surface area contributed by atoms with Crippen LogP contribution in [-0.4, -0.2) is 39.9 Å². The van der Waals surface area contributed by atoms with Gasteiger partial charge in [0.2, 0.25) is 0 Å². The van der Waals surface area contributed by atoms with E-state index in [2.05, 4.69) is 6.92 Å². The molecule has 4 nitrogen and oxygen atoms in total. The summed E-state index contributed by atoms with van der Waals surface area (Å²) in [5, 5.41) is 18.6. The van der Waals surface area contributed by atoms with Crippen LogP contribution >= 0.6 is 0 Å². The highest BCUT2D eigenvalue weighted by molar-refractivity contribution is 5.65. The number of amides is 1. The molecule has 15 heavy (non-hydrogen) atoms. The van der Waals surface area contributed by atoms with Crippen molar-refractivity contribution in [3.05, 3.63) is 0 Å². The maximum atomic E-state index is 11.1. The Balaban J connectivity index is 2.50. The molecule has 1 rings (SSSR count). The van der Waals surface area contributed by atoms with Gasteiger partial charge in [-0.25, -0.2) is 4.79 Å². The van der Waals surface area contributed by atoms with Gasteiger partial charge in [0.15, 0.2) is 0 Å². The van der Waals surface area contributed by atoms with Gasteiger partial charge in [-0.15, -0.1) is 0 Å². The molecule has 0 radical (unpaired) electrons. The monoisotopic (exact) mass is 215 g/mol. The van der Waals surface area contributed by atoms with Crippen LogP contribution in [0, 0.1) is 0 Å². The van der Waals surface area contributed by atoms with Crippen molar-refractivity contribution in [3.8, 4) is 0 Å². The SMILES string of the molecule is CCCCN(C(=O)O)[C@@H]1CCC[C@H](O)C1. The van der Waals surface area contributed by atoms with Crippen LogP contribution in [0.5, 0.6) is 0 Å². The summed E-state index contributed by atoms with van der Waals surface area (Å²) < 4.78 is 0. The average molecular weight is 215 g/mol. The molecule has 0 bridgehead atoms. The molecule has 2 N–H and O–H groups in total. The highest BCUT2D eigenvalue weighted by atomic mass is 16.4. The fraction of sp³-hybridized carbons (Fsp3) is 0.909. The minimum absolute atomic E-state index is 0.0257. The van der Waals surface area contributed by atoms with Crippen molar-refractivity contribution in [1.82, 2.24) is 4.90 Å². The van der Waals surface area contributed by atoms with Crippen LogP contribution in [0.2, 0.25) is 0 Å². The molecule has 1 saturated carbocycles. The van der Waals surface area contributed by atoms with Crippen LogP contribution in [0.15, 0.2) is 0 Å². The van der Waals surface area contributed by atoms with E-state index in [9.17, 15) is 9.90 Å². The fourth-order valence-electron chi connectivity index (χ4n) is 2.18. The van der Waals surface area contributed by atoms with Crippen LogP contribution in [0.4, 0.5) is 4.79 Å². The Bertz CT molecular complexity index is 208. The number of nitrogens with zero attached hydrogens (tertiary/aromatic N) is 1. The van der Waals surface area contributed by atoms with Crippen molar-refractivity contribution < 1.29 is 15.0 Å². The first kappa shape index (κ1) is 12.3. The van der Waals surface area contributed by atoms with Gasteiger partial charge in [0, 0.05) is 12.6 Å². The van der Waals surface area contributed by atoms with E-state index < -0.39 is 6.09 Å². The largest absolute Gasteiger partial charge is 0.465 e. The zero-order chi connectivity index (χ0) is 11.3. The van der Waals surface area contributed by atoms with Gasteiger partial charge in [-0.05, 0) is 32.1 Å². The predicted molar refractivity (Wildman–Crippen MR) is 57.9 cm³/mol. The summed E-state index contributed by atoms with van der Waals surface area (Å²) in [7, 11) is 0. The predicted octanol–water partition coefficient (Wildman–Crippen LogP) is 2.07. The highest BCUT2D eigenvalue weighted by Gasteiger charge is 2.28. The second kappa shape index (κ2) is 5.95. The smallest absolute Gasteiger partial charge is 0.407 e. The third-order valence-corrected chi connectivity index (χ3v) is 3.06. The summed E-state index contributed by atoms with van der Waals surface area (Å²) in [4.78, 5) is 12.6. The zero-order valence-electron chi connectivity index (χ0n) is 9.35. The lowest BCUT2D eigenvalue weighted by Gasteiger charge is -2.34. The molecule has 0 aromatic heterocycles. The number of carboxylic acid groups (broad SMARTS) is 1. The van der Waals surface area contributed by atoms with E-state index in [4.69, 9.17) is 5.11 Å². The fourth-order valence-corrected chi connectivity index (χ4v) is 2.18. The van der Waals surface area contributed by atoms with Gasteiger partial charge in [-0.3, -0.25) is 0 Å². The Hall–Kier alpha value is -0.770. The lowest BCUT2D eigenvalue weighted by molar-refractivity contribution is 0.0592. The molecular weight excluding hydrogens is 194 g/mol. The molecular formula is C11H21NO3. The Labute approximate surface area is 90.9 Å². The molecule has 0 aliphatic heterocycles. The maximum Gasteiger partial charge on any atom is 0.407 e. The number of unbranched alkanes of at least 4 members (excludes halogenated alkanes) is 1. The first-order valence-electron chi connectivity index (χ1n) is 5.82. The second-order valence-corrected chi connectivity index (χ2v) is 4.30. The molecule has 88 valence electrons. The van der Waals surface area contributed by atoms with E-state index in [1.807, 2.05) is 0 Å². The Kier molecular flexibility index (Phi) is 4.88. The van der Waals surface area contributed by atoms with Crippen molar-refractivity contribution in [2.75, 3.05) is 6.54 Å². The summed E-state index contributed by atoms with van der Waals surface area (Å²) in [5.41, 5.74) is 0. The third-order valence-electron chi connectivity index (χ3n) is 3.06. The van der Waals surface area contributed by atoms with E-state index in [1.54, 1.807) is 0 Å². The molecule has 1 aliphatic rings. The summed E-state index contributed by atoms with van der Waals surface area (Å²) in [6.45, 7) is 2.65. The van der Waals surface area contributed by atoms with Gasteiger partial charge in [-0.1, -0.05) is 13.3 Å². The van der Waals surface area contributed by atoms with E-state index in [0.29, 0.717) is 13.0 Å². The van der Waals surface area contributed by atoms with E-state index in [-0.39, 0.29) is 12.1 Å². The van der Waals surface area contributed by atoms with Crippen molar-refractivity contribution in [2.45, 2.75) is 57.6 Å². The Morgan fingerprint density at radius 1 is 1.47 bits per heavy atom. The molecule has 0 saturated heterocycles. The van der Waals surface area contributed by atoms with E-state index >= 15 is 0 Å². The summed E-state index contributed by atoms with van der Waals surface area (Å²) in [5.74, 6) is 0. The van der Waals surface area contributed by atoms with Crippen molar-refractivity contribution in [1.29, 1.82) is 0 Å². The van der Waals surface area contributed by atoms with Gasteiger partial charge in [0.25, 0.3) is 0 Å². The zero-order valence-corrected chi connectivity index (χ0v) is 9.35. The van der Waals surface area contributed by atoms with Crippen LogP contribution in [-0.2, 0) is 0 Å². The van der Waals surface area contributed by atoms with Crippen LogP contribution in [0.25, 0.3) is 0 Å². The lowest BCUT2D eigenvalue weighted by Crippen LogP contribution is -2.43. The van der Waals surface area contributed by atoms with Crippen molar-refractivity contribution in [2.24, 2.45) is 0 Å². The van der Waals surface area contributed by atoms with E-state index in [0.717, 1.165) is 32.1 Å². The number of hydrogen-bond donors (Lipinski definition) is 2. The average Bonchev–Trinajstić information content (AvgIpc) is 2.18. The van der Waals surface area contributed by atoms with Crippen molar-refractivity contribution >= 4 is 6.09 Å². The van der Waals surface area contributed by atoms with Gasteiger partial charge in [-0.2, -0.15) is 0 Å². The number of carbonyl (C=O) groups is 1. The molecule has 1 amide bonds. The summed E-state index contributed by atoms with van der Waals surface area (Å²) in [6, 6.07) is 0.0257. The normalized spacial score (nSPS) is 26.3. The Morgan fingerprint density at radius 2 is 2.20 bits per heavy atom. The topological polar surface area (TPSA) is 60.8 Å². The molecule has 0 aromatic rings. The quantitative estimate of drug-likeness (QED) is 0.754. The number of hydrogen-bond acceptors (Lipinski definition) is 2. The maximum absolute atomic E-state index is 11.1. The Morgan fingerprint density at radius 3 is 2.73 bits per heavy atom. The molecule has 1 aliphatic carbocycles.